The van der Waals surface area contributed by atoms with Crippen LogP contribution in [0, 0.1) is 0 Å². The van der Waals surface area contributed by atoms with Gasteiger partial charge in [0.2, 0.25) is 5.91 Å². The average molecular weight is 622 g/mol. The molecule has 3 aromatic carbocycles. The van der Waals surface area contributed by atoms with E-state index in [1.54, 1.807) is 14.2 Å². The zero-order valence-corrected chi connectivity index (χ0v) is 24.6. The highest BCUT2D eigenvalue weighted by Gasteiger charge is 2.21. The van der Waals surface area contributed by atoms with Crippen LogP contribution in [-0.4, -0.2) is 40.3 Å². The number of thioether (sulfide) groups is 1. The lowest BCUT2D eigenvalue weighted by molar-refractivity contribution is -0.115. The van der Waals surface area contributed by atoms with E-state index < -0.39 is 5.25 Å². The number of ether oxygens (including phenoxy) is 2. The third kappa shape index (κ3) is 6.35. The fourth-order valence-corrected chi connectivity index (χ4v) is 5.64. The lowest BCUT2D eigenvalue weighted by Crippen LogP contribution is -2.22. The van der Waals surface area contributed by atoms with Crippen LogP contribution in [0.1, 0.15) is 6.92 Å². The van der Waals surface area contributed by atoms with Gasteiger partial charge in [0.05, 0.1) is 36.6 Å². The Balaban J connectivity index is 1.35. The number of anilines is 1. The molecule has 2 heterocycles. The molecule has 5 aromatic rings. The van der Waals surface area contributed by atoms with Crippen molar-refractivity contribution < 1.29 is 14.3 Å². The molecule has 5 rings (SSSR count). The Bertz CT molecular complexity index is 1500. The average Bonchev–Trinajstić information content (AvgIpc) is 3.61. The van der Waals surface area contributed by atoms with Crippen LogP contribution in [-0.2, 0) is 4.79 Å². The van der Waals surface area contributed by atoms with Gasteiger partial charge in [0.25, 0.3) is 0 Å². The van der Waals surface area contributed by atoms with Crippen molar-refractivity contribution in [2.24, 2.45) is 0 Å². The van der Waals surface area contributed by atoms with Gasteiger partial charge in [-0.15, -0.1) is 11.3 Å². The molecule has 0 radical (unpaired) electrons. The van der Waals surface area contributed by atoms with Crippen LogP contribution in [0.4, 0.5) is 5.13 Å². The summed E-state index contributed by atoms with van der Waals surface area (Å²) in [6.07, 6.45) is 0. The zero-order valence-electron chi connectivity index (χ0n) is 21.4. The molecule has 0 fully saturated rings. The van der Waals surface area contributed by atoms with Crippen molar-refractivity contribution in [3.8, 4) is 45.3 Å². The Morgan fingerprint density at radius 2 is 1.49 bits per heavy atom. The first-order chi connectivity index (χ1) is 18.9. The largest absolute Gasteiger partial charge is 0.497 e. The SMILES string of the molecule is COc1ccc(-c2nc(SC(C)C(=O)Nc3nc(-c4ccc(Br)cc4)cs3)[nH]c2-c2ccc(OC)cc2)cc1. The van der Waals surface area contributed by atoms with Crippen molar-refractivity contribution in [3.05, 3.63) is 82.6 Å². The van der Waals surface area contributed by atoms with Crippen LogP contribution in [0.5, 0.6) is 11.5 Å². The number of benzene rings is 3. The van der Waals surface area contributed by atoms with Crippen LogP contribution in [0.25, 0.3) is 33.8 Å². The van der Waals surface area contributed by atoms with E-state index in [0.29, 0.717) is 10.3 Å². The van der Waals surface area contributed by atoms with Gasteiger partial charge in [0.15, 0.2) is 10.3 Å². The number of thiazole rings is 1. The first-order valence-electron chi connectivity index (χ1n) is 12.0. The van der Waals surface area contributed by atoms with Crippen LogP contribution in [0.3, 0.4) is 0 Å². The van der Waals surface area contributed by atoms with Crippen LogP contribution in [0.2, 0.25) is 0 Å². The number of carbonyl (C=O) groups excluding carboxylic acids is 1. The molecule has 0 aliphatic heterocycles. The number of nitrogens with zero attached hydrogens (tertiary/aromatic N) is 2. The van der Waals surface area contributed by atoms with Gasteiger partial charge in [-0.3, -0.25) is 4.79 Å². The molecule has 1 amide bonds. The minimum atomic E-state index is -0.413. The third-order valence-electron chi connectivity index (χ3n) is 5.96. The Morgan fingerprint density at radius 3 is 2.10 bits per heavy atom. The van der Waals surface area contributed by atoms with Crippen molar-refractivity contribution in [2.75, 3.05) is 19.5 Å². The van der Waals surface area contributed by atoms with Crippen LogP contribution < -0.4 is 14.8 Å². The fraction of sp³-hybridized carbons (Fsp3) is 0.138. The van der Waals surface area contributed by atoms with Gasteiger partial charge < -0.3 is 19.8 Å². The van der Waals surface area contributed by atoms with Gasteiger partial charge in [0, 0.05) is 26.5 Å². The molecule has 0 saturated carbocycles. The van der Waals surface area contributed by atoms with Gasteiger partial charge in [-0.25, -0.2) is 9.97 Å². The summed E-state index contributed by atoms with van der Waals surface area (Å²) in [5.41, 5.74) is 5.35. The first kappa shape index (κ1) is 27.0. The smallest absolute Gasteiger partial charge is 0.239 e. The van der Waals surface area contributed by atoms with Gasteiger partial charge in [0.1, 0.15) is 11.5 Å². The van der Waals surface area contributed by atoms with Gasteiger partial charge in [-0.05, 0) is 67.6 Å². The predicted octanol–water partition coefficient (Wildman–Crippen LogP) is 7.77. The molecule has 7 nitrogen and oxygen atoms in total. The second kappa shape index (κ2) is 12.1. The number of halogens is 1. The normalized spacial score (nSPS) is 11.7. The Hall–Kier alpha value is -3.60. The van der Waals surface area contributed by atoms with E-state index in [2.05, 4.69) is 31.2 Å². The molecule has 0 saturated heterocycles. The highest BCUT2D eigenvalue weighted by atomic mass is 79.9. The van der Waals surface area contributed by atoms with Gasteiger partial charge in [-0.2, -0.15) is 0 Å². The Labute approximate surface area is 243 Å². The molecule has 0 spiro atoms. The van der Waals surface area contributed by atoms with Gasteiger partial charge in [-0.1, -0.05) is 39.8 Å². The van der Waals surface area contributed by atoms with Crippen molar-refractivity contribution in [1.82, 2.24) is 15.0 Å². The number of amides is 1. The maximum atomic E-state index is 13.0. The predicted molar refractivity (Wildman–Crippen MR) is 162 cm³/mol. The number of rotatable bonds is 9. The molecule has 10 heteroatoms. The molecule has 39 heavy (non-hydrogen) atoms. The molecule has 2 aromatic heterocycles. The van der Waals surface area contributed by atoms with Gasteiger partial charge >= 0.3 is 0 Å². The number of carbonyl (C=O) groups is 1. The summed E-state index contributed by atoms with van der Waals surface area (Å²) >= 11 is 6.21. The fourth-order valence-electron chi connectivity index (χ4n) is 3.84. The standard InChI is InChI=1S/C29H25BrN4O3S2/c1-17(27(35)34-28-31-24(16-38-28)18-4-10-21(30)11-5-18)39-29-32-25(19-6-12-22(36-2)13-7-19)26(33-29)20-8-14-23(37-3)15-9-20/h4-17H,1-3H3,(H,32,33)(H,31,34,35). The van der Waals surface area contributed by atoms with E-state index in [-0.39, 0.29) is 5.91 Å². The molecule has 1 unspecified atom stereocenters. The first-order valence-corrected chi connectivity index (χ1v) is 14.6. The molecule has 1 atom stereocenters. The highest BCUT2D eigenvalue weighted by molar-refractivity contribution is 9.10. The molecule has 198 valence electrons. The monoisotopic (exact) mass is 620 g/mol. The maximum Gasteiger partial charge on any atom is 0.239 e. The molecular weight excluding hydrogens is 596 g/mol. The number of aromatic nitrogens is 3. The number of aromatic amines is 1. The second-order valence-electron chi connectivity index (χ2n) is 8.52. The van der Waals surface area contributed by atoms with E-state index in [4.69, 9.17) is 14.5 Å². The van der Waals surface area contributed by atoms with Crippen molar-refractivity contribution in [2.45, 2.75) is 17.3 Å². The minimum absolute atomic E-state index is 0.148. The summed E-state index contributed by atoms with van der Waals surface area (Å²) in [6, 6.07) is 23.4. The van der Waals surface area contributed by atoms with Crippen LogP contribution in [0.15, 0.2) is 87.8 Å². The number of nitrogens with one attached hydrogen (secondary N) is 2. The summed E-state index contributed by atoms with van der Waals surface area (Å²) in [6.45, 7) is 1.85. The van der Waals surface area contributed by atoms with Crippen LogP contribution >= 0.6 is 39.0 Å². The molecule has 0 bridgehead atoms. The quantitative estimate of drug-likeness (QED) is 0.164. The summed E-state index contributed by atoms with van der Waals surface area (Å²) in [7, 11) is 3.28. The number of imidazole rings is 1. The summed E-state index contributed by atoms with van der Waals surface area (Å²) in [5.74, 6) is 1.39. The second-order valence-corrected chi connectivity index (χ2v) is 11.6. The molecule has 0 aliphatic carbocycles. The number of hydrogen-bond donors (Lipinski definition) is 2. The van der Waals surface area contributed by atoms with E-state index >= 15 is 0 Å². The molecule has 2 N–H and O–H groups in total. The van der Waals surface area contributed by atoms with E-state index in [9.17, 15) is 4.79 Å². The van der Waals surface area contributed by atoms with E-state index in [1.807, 2.05) is 85.1 Å². The topological polar surface area (TPSA) is 89.1 Å². The number of H-pyrrole nitrogens is 1. The summed E-state index contributed by atoms with van der Waals surface area (Å²) in [5, 5.41) is 5.67. The lowest BCUT2D eigenvalue weighted by atomic mass is 10.0. The number of methoxy groups -OCH3 is 2. The highest BCUT2D eigenvalue weighted by Crippen LogP contribution is 2.35. The Kier molecular flexibility index (Phi) is 8.35. The zero-order chi connectivity index (χ0) is 27.4. The molecule has 0 aliphatic rings. The Morgan fingerprint density at radius 1 is 0.897 bits per heavy atom. The lowest BCUT2D eigenvalue weighted by Gasteiger charge is -2.08. The maximum absolute atomic E-state index is 13.0. The summed E-state index contributed by atoms with van der Waals surface area (Å²) in [4.78, 5) is 25.9. The van der Waals surface area contributed by atoms with Crippen molar-refractivity contribution >= 4 is 50.1 Å². The number of hydrogen-bond acceptors (Lipinski definition) is 7. The third-order valence-corrected chi connectivity index (χ3v) is 8.23. The molecular formula is C29H25BrN4O3S2. The minimum Gasteiger partial charge on any atom is -0.497 e. The van der Waals surface area contributed by atoms with Crippen molar-refractivity contribution in [1.29, 1.82) is 0 Å². The van der Waals surface area contributed by atoms with Crippen molar-refractivity contribution in [3.63, 3.8) is 0 Å². The summed E-state index contributed by atoms with van der Waals surface area (Å²) < 4.78 is 11.6. The van der Waals surface area contributed by atoms with E-state index in [0.717, 1.165) is 49.7 Å². The van der Waals surface area contributed by atoms with E-state index in [1.165, 1.54) is 23.1 Å².